The lowest BCUT2D eigenvalue weighted by Crippen LogP contribution is -2.38. The van der Waals surface area contributed by atoms with Crippen LogP contribution in [0.2, 0.25) is 0 Å². The van der Waals surface area contributed by atoms with Crippen LogP contribution in [0.1, 0.15) is 20.8 Å². The van der Waals surface area contributed by atoms with Crippen molar-refractivity contribution in [1.82, 2.24) is 30.5 Å². The second kappa shape index (κ2) is 9.24. The molecule has 0 aliphatic carbocycles. The van der Waals surface area contributed by atoms with Crippen LogP contribution in [0.3, 0.4) is 0 Å². The number of aryl methyl sites for hydroxylation is 1. The van der Waals surface area contributed by atoms with E-state index in [0.29, 0.717) is 17.1 Å². The van der Waals surface area contributed by atoms with Gasteiger partial charge in [-0.3, -0.25) is 9.88 Å². The van der Waals surface area contributed by atoms with E-state index in [1.807, 2.05) is 0 Å². The molecule has 2 amide bonds. The number of ether oxygens (including phenoxy) is 2. The van der Waals surface area contributed by atoms with Gasteiger partial charge in [0.1, 0.15) is 29.0 Å². The standard InChI is InChI=1S/C22H23F2N7O4/c1-22(2,3)35-20(32)26-10-13-11-31(21(33)34-13)18-8-15(23)14(7-16(18)24)12-5-6-17(25-9-12)19-27-29-30(4)28-19/h5-9,13H,10-11H2,1-4H3,(H,26,32). The molecule has 1 aliphatic heterocycles. The number of rotatable bonds is 5. The summed E-state index contributed by atoms with van der Waals surface area (Å²) in [6.07, 6.45) is -0.924. The summed E-state index contributed by atoms with van der Waals surface area (Å²) in [6.45, 7) is 5.02. The average molecular weight is 487 g/mol. The minimum Gasteiger partial charge on any atom is -0.444 e. The molecule has 3 aromatic rings. The van der Waals surface area contributed by atoms with Gasteiger partial charge < -0.3 is 14.8 Å². The lowest BCUT2D eigenvalue weighted by atomic mass is 10.1. The van der Waals surface area contributed by atoms with E-state index < -0.39 is 35.5 Å². The third-order valence-electron chi connectivity index (χ3n) is 4.89. The first-order valence-corrected chi connectivity index (χ1v) is 10.6. The van der Waals surface area contributed by atoms with E-state index in [1.165, 1.54) is 11.0 Å². The summed E-state index contributed by atoms with van der Waals surface area (Å²) in [6, 6.07) is 5.03. The Morgan fingerprint density at radius 2 is 2.03 bits per heavy atom. The molecule has 13 heteroatoms. The maximum Gasteiger partial charge on any atom is 0.414 e. The summed E-state index contributed by atoms with van der Waals surface area (Å²) in [5.41, 5.74) is -0.251. The highest BCUT2D eigenvalue weighted by atomic mass is 19.1. The number of cyclic esters (lactones) is 1. The topological polar surface area (TPSA) is 124 Å². The number of hydrogen-bond acceptors (Lipinski definition) is 8. The van der Waals surface area contributed by atoms with Crippen molar-refractivity contribution in [2.24, 2.45) is 7.05 Å². The van der Waals surface area contributed by atoms with Gasteiger partial charge in [-0.2, -0.15) is 4.80 Å². The molecule has 1 atom stereocenters. The highest BCUT2D eigenvalue weighted by Crippen LogP contribution is 2.32. The van der Waals surface area contributed by atoms with Crippen LogP contribution in [-0.4, -0.2) is 62.2 Å². The zero-order valence-electron chi connectivity index (χ0n) is 19.5. The number of nitrogens with zero attached hydrogens (tertiary/aromatic N) is 6. The zero-order chi connectivity index (χ0) is 25.3. The molecule has 0 bridgehead atoms. The number of aromatic nitrogens is 5. The number of anilines is 1. The summed E-state index contributed by atoms with van der Waals surface area (Å²) in [7, 11) is 1.61. The van der Waals surface area contributed by atoms with Crippen LogP contribution >= 0.6 is 0 Å². The average Bonchev–Trinajstić information content (AvgIpc) is 3.38. The SMILES string of the molecule is Cn1nnc(-c2ccc(-c3cc(F)c(N4CC(CNC(=O)OC(C)(C)C)OC4=O)cc3F)cn2)n1. The number of pyridine rings is 1. The molecule has 3 heterocycles. The summed E-state index contributed by atoms with van der Waals surface area (Å²) in [5, 5.41) is 14.1. The Kier molecular flexibility index (Phi) is 6.33. The van der Waals surface area contributed by atoms with E-state index in [-0.39, 0.29) is 24.3 Å². The lowest BCUT2D eigenvalue weighted by Gasteiger charge is -2.20. The summed E-state index contributed by atoms with van der Waals surface area (Å²) in [5.74, 6) is -1.28. The lowest BCUT2D eigenvalue weighted by molar-refractivity contribution is 0.0496. The molecule has 4 rings (SSSR count). The molecule has 0 radical (unpaired) electrons. The number of hydrogen-bond donors (Lipinski definition) is 1. The van der Waals surface area contributed by atoms with Gasteiger partial charge in [0, 0.05) is 23.4 Å². The van der Waals surface area contributed by atoms with Crippen molar-refractivity contribution in [3.63, 3.8) is 0 Å². The van der Waals surface area contributed by atoms with Crippen LogP contribution in [0.15, 0.2) is 30.5 Å². The molecular weight excluding hydrogens is 464 g/mol. The third kappa shape index (κ3) is 5.50. The number of halogens is 2. The molecule has 1 aromatic carbocycles. The van der Waals surface area contributed by atoms with E-state index in [1.54, 1.807) is 40.0 Å². The second-order valence-corrected chi connectivity index (χ2v) is 8.82. The Hall–Kier alpha value is -4.16. The van der Waals surface area contributed by atoms with Crippen LogP contribution in [0.5, 0.6) is 0 Å². The first-order chi connectivity index (χ1) is 16.5. The molecule has 184 valence electrons. The summed E-state index contributed by atoms with van der Waals surface area (Å²) < 4.78 is 40.2. The first-order valence-electron chi connectivity index (χ1n) is 10.6. The predicted molar refractivity (Wildman–Crippen MR) is 119 cm³/mol. The fourth-order valence-corrected chi connectivity index (χ4v) is 3.37. The predicted octanol–water partition coefficient (Wildman–Crippen LogP) is 3.07. The number of tetrazole rings is 1. The van der Waals surface area contributed by atoms with Crippen molar-refractivity contribution in [2.45, 2.75) is 32.5 Å². The van der Waals surface area contributed by atoms with Gasteiger partial charge in [-0.05, 0) is 38.1 Å². The zero-order valence-corrected chi connectivity index (χ0v) is 19.5. The van der Waals surface area contributed by atoms with Gasteiger partial charge in [0.2, 0.25) is 5.82 Å². The highest BCUT2D eigenvalue weighted by Gasteiger charge is 2.35. The first kappa shape index (κ1) is 24.0. The van der Waals surface area contributed by atoms with Crippen LogP contribution in [0.4, 0.5) is 24.1 Å². The Balaban J connectivity index is 1.47. The molecule has 0 spiro atoms. The Morgan fingerprint density at radius 1 is 1.26 bits per heavy atom. The minimum absolute atomic E-state index is 0.0342. The Bertz CT molecular complexity index is 1260. The maximum atomic E-state index is 15.0. The van der Waals surface area contributed by atoms with Crippen molar-refractivity contribution in [1.29, 1.82) is 0 Å². The van der Waals surface area contributed by atoms with Crippen LogP contribution in [0, 0.1) is 11.6 Å². The third-order valence-corrected chi connectivity index (χ3v) is 4.89. The van der Waals surface area contributed by atoms with Crippen molar-refractivity contribution in [3.05, 3.63) is 42.1 Å². The van der Waals surface area contributed by atoms with Crippen LogP contribution < -0.4 is 10.2 Å². The van der Waals surface area contributed by atoms with Gasteiger partial charge in [0.15, 0.2) is 0 Å². The van der Waals surface area contributed by atoms with Gasteiger partial charge >= 0.3 is 12.2 Å². The normalized spacial score (nSPS) is 15.8. The van der Waals surface area contributed by atoms with E-state index in [4.69, 9.17) is 9.47 Å². The molecule has 1 fully saturated rings. The fourth-order valence-electron chi connectivity index (χ4n) is 3.37. The molecule has 35 heavy (non-hydrogen) atoms. The van der Waals surface area contributed by atoms with E-state index in [0.717, 1.165) is 17.0 Å². The molecule has 0 saturated carbocycles. The largest absolute Gasteiger partial charge is 0.444 e. The molecular formula is C22H23F2N7O4. The molecule has 1 N–H and O–H groups in total. The number of carbonyl (C=O) groups excluding carboxylic acids is 2. The molecule has 1 saturated heterocycles. The van der Waals surface area contributed by atoms with Crippen molar-refractivity contribution in [2.75, 3.05) is 18.0 Å². The quantitative estimate of drug-likeness (QED) is 0.582. The van der Waals surface area contributed by atoms with Gasteiger partial charge in [0.25, 0.3) is 0 Å². The van der Waals surface area contributed by atoms with Gasteiger partial charge in [-0.25, -0.2) is 18.4 Å². The van der Waals surface area contributed by atoms with Crippen molar-refractivity contribution < 1.29 is 27.8 Å². The number of amides is 2. The molecule has 1 unspecified atom stereocenters. The second-order valence-electron chi connectivity index (χ2n) is 8.82. The van der Waals surface area contributed by atoms with Gasteiger partial charge in [0.05, 0.1) is 25.8 Å². The van der Waals surface area contributed by atoms with Crippen molar-refractivity contribution >= 4 is 17.9 Å². The number of nitrogens with one attached hydrogen (secondary N) is 1. The molecule has 2 aromatic heterocycles. The van der Waals surface area contributed by atoms with Crippen LogP contribution in [-0.2, 0) is 16.5 Å². The summed E-state index contributed by atoms with van der Waals surface area (Å²) >= 11 is 0. The van der Waals surface area contributed by atoms with E-state index in [9.17, 15) is 18.4 Å². The highest BCUT2D eigenvalue weighted by molar-refractivity contribution is 5.90. The Morgan fingerprint density at radius 3 is 2.66 bits per heavy atom. The van der Waals surface area contributed by atoms with Crippen LogP contribution in [0.25, 0.3) is 22.6 Å². The monoisotopic (exact) mass is 487 g/mol. The molecule has 11 nitrogen and oxygen atoms in total. The number of alkyl carbamates (subject to hydrolysis) is 1. The summed E-state index contributed by atoms with van der Waals surface area (Å²) in [4.78, 5) is 30.5. The fraction of sp³-hybridized carbons (Fsp3) is 0.364. The van der Waals surface area contributed by atoms with Crippen molar-refractivity contribution in [3.8, 4) is 22.6 Å². The van der Waals surface area contributed by atoms with E-state index >= 15 is 0 Å². The maximum absolute atomic E-state index is 15.0. The Labute approximate surface area is 199 Å². The van der Waals surface area contributed by atoms with Gasteiger partial charge in [-0.1, -0.05) is 6.07 Å². The smallest absolute Gasteiger partial charge is 0.414 e. The number of carbonyl (C=O) groups is 2. The minimum atomic E-state index is -0.852. The van der Waals surface area contributed by atoms with Gasteiger partial charge in [-0.15, -0.1) is 10.2 Å². The van der Waals surface area contributed by atoms with E-state index in [2.05, 4.69) is 25.7 Å². The molecule has 1 aliphatic rings. The number of benzene rings is 1.